The Bertz CT molecular complexity index is 815. The van der Waals surface area contributed by atoms with Crippen LogP contribution in [0.1, 0.15) is 21.6 Å². The van der Waals surface area contributed by atoms with Gasteiger partial charge in [0.2, 0.25) is 0 Å². The number of methoxy groups -OCH3 is 2. The Labute approximate surface area is 150 Å². The predicted molar refractivity (Wildman–Crippen MR) is 92.3 cm³/mol. The van der Waals surface area contributed by atoms with Gasteiger partial charge in [0.25, 0.3) is 5.91 Å². The summed E-state index contributed by atoms with van der Waals surface area (Å²) in [6.45, 7) is 3.53. The third-order valence-electron chi connectivity index (χ3n) is 3.50. The summed E-state index contributed by atoms with van der Waals surface area (Å²) in [6, 6.07) is 3.29. The lowest BCUT2D eigenvalue weighted by Crippen LogP contribution is -2.23. The minimum absolute atomic E-state index is 0.115. The molecule has 1 heterocycles. The lowest BCUT2D eigenvalue weighted by Gasteiger charge is -2.14. The summed E-state index contributed by atoms with van der Waals surface area (Å²) in [4.78, 5) is 23.1. The Hall–Kier alpha value is -3.36. The third kappa shape index (κ3) is 4.59. The van der Waals surface area contributed by atoms with E-state index >= 15 is 0 Å². The molecule has 2 aromatic rings. The molecule has 9 nitrogen and oxygen atoms in total. The van der Waals surface area contributed by atoms with Crippen LogP contribution >= 0.6 is 0 Å². The highest BCUT2D eigenvalue weighted by atomic mass is 16.5. The average Bonchev–Trinajstić information content (AvgIpc) is 3.05. The predicted octanol–water partition coefficient (Wildman–Crippen LogP) is 1.04. The van der Waals surface area contributed by atoms with Crippen molar-refractivity contribution < 1.29 is 24.2 Å². The van der Waals surface area contributed by atoms with Gasteiger partial charge in [-0.2, -0.15) is 0 Å². The van der Waals surface area contributed by atoms with Crippen LogP contribution in [-0.2, 0) is 24.3 Å². The van der Waals surface area contributed by atoms with E-state index in [4.69, 9.17) is 14.6 Å². The molecule has 26 heavy (non-hydrogen) atoms. The van der Waals surface area contributed by atoms with Crippen LogP contribution in [0.5, 0.6) is 11.5 Å². The fourth-order valence-electron chi connectivity index (χ4n) is 2.39. The number of carbonyl (C=O) groups excluding carboxylic acids is 1. The Balaban J connectivity index is 2.13. The highest BCUT2D eigenvalue weighted by Gasteiger charge is 2.16. The van der Waals surface area contributed by atoms with E-state index in [1.54, 1.807) is 18.2 Å². The number of nitrogens with one attached hydrogen (secondary N) is 1. The fraction of sp³-hybridized carbons (Fsp3) is 0.294. The summed E-state index contributed by atoms with van der Waals surface area (Å²) in [5.41, 5.74) is 1.63. The van der Waals surface area contributed by atoms with Crippen LogP contribution < -0.4 is 14.8 Å². The number of allylic oxidation sites excluding steroid dienone is 1. The van der Waals surface area contributed by atoms with Crippen molar-refractivity contribution in [2.75, 3.05) is 14.2 Å². The number of hydrogen-bond donors (Lipinski definition) is 2. The third-order valence-corrected chi connectivity index (χ3v) is 3.50. The monoisotopic (exact) mass is 360 g/mol. The zero-order valence-electron chi connectivity index (χ0n) is 14.6. The van der Waals surface area contributed by atoms with Crippen LogP contribution in [-0.4, -0.2) is 46.2 Å². The second kappa shape index (κ2) is 8.65. The maximum Gasteiger partial charge on any atom is 0.325 e. The molecule has 1 amide bonds. The number of benzene rings is 1. The molecule has 0 radical (unpaired) electrons. The number of nitrogens with zero attached hydrogens (tertiary/aromatic N) is 3. The van der Waals surface area contributed by atoms with Gasteiger partial charge in [0.15, 0.2) is 11.5 Å². The largest absolute Gasteiger partial charge is 0.493 e. The second-order valence-electron chi connectivity index (χ2n) is 5.35. The van der Waals surface area contributed by atoms with Crippen molar-refractivity contribution in [1.29, 1.82) is 0 Å². The summed E-state index contributed by atoms with van der Waals surface area (Å²) in [6.07, 6.45) is 3.69. The standard InChI is InChI=1S/C17H20N4O5/c1-4-5-11-6-12(7-14(25-2)16(11)26-3)17(24)18-8-13-9-21(20-19-13)10-15(22)23/h4,6-7,9H,1,5,8,10H2,2-3H3,(H,18,24)(H,22,23). The van der Waals surface area contributed by atoms with Crippen molar-refractivity contribution in [1.82, 2.24) is 20.3 Å². The van der Waals surface area contributed by atoms with Gasteiger partial charge in [-0.1, -0.05) is 11.3 Å². The topological polar surface area (TPSA) is 116 Å². The molecular formula is C17H20N4O5. The molecule has 0 atom stereocenters. The van der Waals surface area contributed by atoms with Gasteiger partial charge in [-0.05, 0) is 18.6 Å². The molecule has 9 heteroatoms. The highest BCUT2D eigenvalue weighted by Crippen LogP contribution is 2.33. The molecule has 0 bridgehead atoms. The molecule has 0 aliphatic carbocycles. The van der Waals surface area contributed by atoms with Crippen molar-refractivity contribution >= 4 is 11.9 Å². The first-order chi connectivity index (χ1) is 12.5. The van der Waals surface area contributed by atoms with Crippen LogP contribution in [0.4, 0.5) is 0 Å². The average molecular weight is 360 g/mol. The highest BCUT2D eigenvalue weighted by molar-refractivity contribution is 5.95. The lowest BCUT2D eigenvalue weighted by molar-refractivity contribution is -0.137. The van der Waals surface area contributed by atoms with E-state index < -0.39 is 5.97 Å². The quantitative estimate of drug-likeness (QED) is 0.642. The summed E-state index contributed by atoms with van der Waals surface area (Å²) in [5.74, 6) is -0.348. The summed E-state index contributed by atoms with van der Waals surface area (Å²) in [7, 11) is 3.03. The Kier molecular flexibility index (Phi) is 6.31. The van der Waals surface area contributed by atoms with E-state index in [0.29, 0.717) is 29.2 Å². The Morgan fingerprint density at radius 1 is 1.35 bits per heavy atom. The normalized spacial score (nSPS) is 10.2. The van der Waals surface area contributed by atoms with Gasteiger partial charge in [-0.25, -0.2) is 4.68 Å². The van der Waals surface area contributed by atoms with E-state index in [2.05, 4.69) is 22.2 Å². The number of hydrogen-bond acceptors (Lipinski definition) is 6. The number of carboxylic acids is 1. The van der Waals surface area contributed by atoms with Crippen molar-refractivity contribution in [2.45, 2.75) is 19.5 Å². The van der Waals surface area contributed by atoms with Gasteiger partial charge in [0.1, 0.15) is 12.2 Å². The first-order valence-electron chi connectivity index (χ1n) is 7.73. The number of carboxylic acid groups (broad SMARTS) is 1. The zero-order valence-corrected chi connectivity index (χ0v) is 14.6. The van der Waals surface area contributed by atoms with Gasteiger partial charge in [-0.3, -0.25) is 9.59 Å². The minimum atomic E-state index is -1.02. The van der Waals surface area contributed by atoms with Gasteiger partial charge >= 0.3 is 5.97 Å². The first kappa shape index (κ1) is 19.0. The Morgan fingerprint density at radius 2 is 2.12 bits per heavy atom. The molecular weight excluding hydrogens is 340 g/mol. The van der Waals surface area contributed by atoms with Crippen molar-refractivity contribution in [3.8, 4) is 11.5 Å². The van der Waals surface area contributed by atoms with E-state index in [0.717, 1.165) is 5.56 Å². The number of amides is 1. The molecule has 0 aliphatic rings. The molecule has 0 fully saturated rings. The number of carbonyl (C=O) groups is 2. The van der Waals surface area contributed by atoms with Crippen LogP contribution in [0.2, 0.25) is 0 Å². The summed E-state index contributed by atoms with van der Waals surface area (Å²) in [5, 5.41) is 18.9. The fourth-order valence-corrected chi connectivity index (χ4v) is 2.39. The number of aromatic nitrogens is 3. The molecule has 1 aromatic heterocycles. The van der Waals surface area contributed by atoms with Gasteiger partial charge in [-0.15, -0.1) is 11.7 Å². The SMILES string of the molecule is C=CCc1cc(C(=O)NCc2cn(CC(=O)O)nn2)cc(OC)c1OC. The van der Waals surface area contributed by atoms with Gasteiger partial charge < -0.3 is 19.9 Å². The molecule has 2 rings (SSSR count). The molecule has 0 saturated heterocycles. The van der Waals surface area contributed by atoms with Crippen LogP contribution in [0.3, 0.4) is 0 Å². The molecule has 1 aromatic carbocycles. The molecule has 0 unspecified atom stereocenters. The van der Waals surface area contributed by atoms with E-state index in [-0.39, 0.29) is 19.0 Å². The maximum atomic E-state index is 12.4. The van der Waals surface area contributed by atoms with Crippen LogP contribution in [0, 0.1) is 0 Å². The molecule has 2 N–H and O–H groups in total. The summed E-state index contributed by atoms with van der Waals surface area (Å²) >= 11 is 0. The zero-order chi connectivity index (χ0) is 19.1. The van der Waals surface area contributed by atoms with E-state index in [1.807, 2.05) is 0 Å². The smallest absolute Gasteiger partial charge is 0.325 e. The van der Waals surface area contributed by atoms with Crippen molar-refractivity contribution in [3.63, 3.8) is 0 Å². The second-order valence-corrected chi connectivity index (χ2v) is 5.35. The number of aliphatic carboxylic acids is 1. The van der Waals surface area contributed by atoms with Crippen LogP contribution in [0.25, 0.3) is 0 Å². The molecule has 138 valence electrons. The van der Waals surface area contributed by atoms with Crippen molar-refractivity contribution in [3.05, 3.63) is 47.8 Å². The molecule has 0 aliphatic heterocycles. The number of rotatable bonds is 9. The molecule has 0 spiro atoms. The lowest BCUT2D eigenvalue weighted by atomic mass is 10.0. The van der Waals surface area contributed by atoms with E-state index in [9.17, 15) is 9.59 Å². The van der Waals surface area contributed by atoms with Gasteiger partial charge in [0, 0.05) is 11.1 Å². The van der Waals surface area contributed by atoms with Crippen molar-refractivity contribution in [2.24, 2.45) is 0 Å². The molecule has 0 saturated carbocycles. The maximum absolute atomic E-state index is 12.4. The first-order valence-corrected chi connectivity index (χ1v) is 7.73. The number of ether oxygens (including phenoxy) is 2. The van der Waals surface area contributed by atoms with Gasteiger partial charge in [0.05, 0.1) is 27.0 Å². The summed E-state index contributed by atoms with van der Waals surface area (Å²) < 4.78 is 11.8. The van der Waals surface area contributed by atoms with Crippen LogP contribution in [0.15, 0.2) is 31.0 Å². The van der Waals surface area contributed by atoms with E-state index in [1.165, 1.54) is 25.1 Å². The minimum Gasteiger partial charge on any atom is -0.493 e. The Morgan fingerprint density at radius 3 is 2.73 bits per heavy atom.